The predicted molar refractivity (Wildman–Crippen MR) is 126 cm³/mol. The Kier molecular flexibility index (Phi) is 17.1. The predicted octanol–water partition coefficient (Wildman–Crippen LogP) is 8.30. The van der Waals surface area contributed by atoms with Crippen LogP contribution in [-0.2, 0) is 14.2 Å². The molecule has 1 fully saturated rings. The molecule has 1 aliphatic rings. The van der Waals surface area contributed by atoms with Gasteiger partial charge in [-0.1, -0.05) is 53.9 Å². The summed E-state index contributed by atoms with van der Waals surface area (Å²) >= 11 is 0. The van der Waals surface area contributed by atoms with Gasteiger partial charge >= 0.3 is 0 Å². The fourth-order valence-corrected chi connectivity index (χ4v) is 3.83. The zero-order chi connectivity index (χ0) is 23.8. The van der Waals surface area contributed by atoms with Crippen LogP contribution in [0.2, 0.25) is 0 Å². The van der Waals surface area contributed by atoms with Gasteiger partial charge in [0.2, 0.25) is 0 Å². The number of halogens is 2. The van der Waals surface area contributed by atoms with Crippen molar-refractivity contribution in [3.05, 3.63) is 23.0 Å². The monoisotopic (exact) mass is 446 g/mol. The van der Waals surface area contributed by atoms with E-state index in [2.05, 4.69) is 20.8 Å². The van der Waals surface area contributed by atoms with Crippen LogP contribution in [0.5, 0.6) is 0 Å². The molecule has 0 aliphatic heterocycles. The summed E-state index contributed by atoms with van der Waals surface area (Å²) in [6.07, 6.45) is 9.30. The summed E-state index contributed by atoms with van der Waals surface area (Å²) in [5, 5.41) is 0. The first kappa shape index (κ1) is 30.1. The first-order valence-electron chi connectivity index (χ1n) is 12.3. The van der Waals surface area contributed by atoms with Crippen LogP contribution in [0, 0.1) is 11.8 Å². The van der Waals surface area contributed by atoms with Gasteiger partial charge in [-0.3, -0.25) is 0 Å². The highest BCUT2D eigenvalue weighted by molar-refractivity contribution is 5.28. The Hall–Kier alpha value is -0.940. The molecule has 0 N–H and O–H groups in total. The van der Waals surface area contributed by atoms with Gasteiger partial charge in [0.15, 0.2) is 11.7 Å². The SMILES string of the molecule is CCC.CCCC1CCC(OCC(C)OCC(C)/C(CC)=C(F)/C(F)=C(\C)OC)CC1. The van der Waals surface area contributed by atoms with Gasteiger partial charge in [-0.2, -0.15) is 0 Å². The Morgan fingerprint density at radius 2 is 1.52 bits per heavy atom. The quantitative estimate of drug-likeness (QED) is 0.223. The molecule has 5 heteroatoms. The van der Waals surface area contributed by atoms with E-state index in [4.69, 9.17) is 14.2 Å². The molecule has 0 saturated heterocycles. The number of methoxy groups -OCH3 is 1. The molecule has 1 rings (SSSR count). The standard InChI is InChI=1S/C23H40F2O3.C3H8/c1-7-9-19-10-12-20(13-11-19)28-15-17(4)27-14-16(3)21(8-2)23(25)22(24)18(5)26-6;1-3-2/h16-17,19-20H,7-15H2,1-6H3;3H2,1-2H3/b22-18-,23-21-;. The summed E-state index contributed by atoms with van der Waals surface area (Å²) in [6.45, 7) is 14.4. The fourth-order valence-electron chi connectivity index (χ4n) is 3.83. The van der Waals surface area contributed by atoms with Crippen LogP contribution in [0.3, 0.4) is 0 Å². The van der Waals surface area contributed by atoms with E-state index in [0.717, 1.165) is 18.8 Å². The summed E-state index contributed by atoms with van der Waals surface area (Å²) in [4.78, 5) is 0. The van der Waals surface area contributed by atoms with Crippen LogP contribution in [0.15, 0.2) is 23.0 Å². The van der Waals surface area contributed by atoms with Crippen molar-refractivity contribution in [2.45, 2.75) is 112 Å². The lowest BCUT2D eigenvalue weighted by atomic mass is 9.85. The van der Waals surface area contributed by atoms with Gasteiger partial charge in [-0.25, -0.2) is 8.78 Å². The molecule has 0 bridgehead atoms. The maximum absolute atomic E-state index is 14.4. The van der Waals surface area contributed by atoms with Gasteiger partial charge in [-0.15, -0.1) is 0 Å². The van der Waals surface area contributed by atoms with E-state index < -0.39 is 11.7 Å². The molecule has 0 aromatic carbocycles. The molecule has 2 unspecified atom stereocenters. The smallest absolute Gasteiger partial charge is 0.195 e. The van der Waals surface area contributed by atoms with Crippen molar-refractivity contribution in [2.75, 3.05) is 20.3 Å². The van der Waals surface area contributed by atoms with Gasteiger partial charge in [0.05, 0.1) is 32.5 Å². The summed E-state index contributed by atoms with van der Waals surface area (Å²) in [7, 11) is 1.33. The van der Waals surface area contributed by atoms with Gasteiger partial charge < -0.3 is 14.2 Å². The first-order chi connectivity index (χ1) is 14.7. The van der Waals surface area contributed by atoms with E-state index in [-0.39, 0.29) is 17.8 Å². The number of rotatable bonds is 12. The Bertz CT molecular complexity index is 523. The minimum Gasteiger partial charge on any atom is -0.498 e. The van der Waals surface area contributed by atoms with Gasteiger partial charge in [0, 0.05) is 5.92 Å². The lowest BCUT2D eigenvalue weighted by Gasteiger charge is -2.29. The minimum atomic E-state index is -0.929. The molecule has 0 aromatic rings. The molecule has 1 saturated carbocycles. The third-order valence-corrected chi connectivity index (χ3v) is 5.75. The van der Waals surface area contributed by atoms with E-state index in [0.29, 0.717) is 31.3 Å². The van der Waals surface area contributed by atoms with Gasteiger partial charge in [0.1, 0.15) is 5.76 Å². The highest BCUT2D eigenvalue weighted by Crippen LogP contribution is 2.30. The molecule has 0 heterocycles. The Labute approximate surface area is 190 Å². The maximum Gasteiger partial charge on any atom is 0.195 e. The highest BCUT2D eigenvalue weighted by atomic mass is 19.2. The summed E-state index contributed by atoms with van der Waals surface area (Å²) < 4.78 is 45.2. The third kappa shape index (κ3) is 12.0. The highest BCUT2D eigenvalue weighted by Gasteiger charge is 2.22. The second-order valence-electron chi connectivity index (χ2n) is 8.78. The zero-order valence-corrected chi connectivity index (χ0v) is 21.4. The summed E-state index contributed by atoms with van der Waals surface area (Å²) in [5.74, 6) is -1.16. The summed E-state index contributed by atoms with van der Waals surface area (Å²) in [6, 6.07) is 0. The molecular weight excluding hydrogens is 398 g/mol. The lowest BCUT2D eigenvalue weighted by molar-refractivity contribution is -0.0549. The van der Waals surface area contributed by atoms with Crippen molar-refractivity contribution in [3.8, 4) is 0 Å². The van der Waals surface area contributed by atoms with E-state index >= 15 is 0 Å². The van der Waals surface area contributed by atoms with Gasteiger partial charge in [0.25, 0.3) is 0 Å². The van der Waals surface area contributed by atoms with Crippen molar-refractivity contribution in [2.24, 2.45) is 11.8 Å². The minimum absolute atomic E-state index is 0.0491. The number of allylic oxidation sites excluding steroid dienone is 3. The molecule has 3 nitrogen and oxygen atoms in total. The average molecular weight is 447 g/mol. The average Bonchev–Trinajstić information content (AvgIpc) is 2.77. The van der Waals surface area contributed by atoms with Crippen molar-refractivity contribution >= 4 is 0 Å². The number of hydrogen-bond acceptors (Lipinski definition) is 3. The van der Waals surface area contributed by atoms with E-state index in [1.165, 1.54) is 46.1 Å². The second kappa shape index (κ2) is 17.6. The molecule has 0 spiro atoms. The third-order valence-electron chi connectivity index (χ3n) is 5.75. The fraction of sp³-hybridized carbons (Fsp3) is 0.846. The van der Waals surface area contributed by atoms with Crippen LogP contribution in [0.1, 0.15) is 99.8 Å². The van der Waals surface area contributed by atoms with Crippen molar-refractivity contribution in [1.82, 2.24) is 0 Å². The number of ether oxygens (including phenoxy) is 3. The molecular formula is C26H48F2O3. The Morgan fingerprint density at radius 1 is 0.935 bits per heavy atom. The van der Waals surface area contributed by atoms with E-state index in [9.17, 15) is 8.78 Å². The van der Waals surface area contributed by atoms with Crippen LogP contribution in [0.25, 0.3) is 0 Å². The van der Waals surface area contributed by atoms with Crippen LogP contribution >= 0.6 is 0 Å². The first-order valence-corrected chi connectivity index (χ1v) is 12.3. The lowest BCUT2D eigenvalue weighted by Crippen LogP contribution is -2.27. The molecule has 184 valence electrons. The molecule has 1 aliphatic carbocycles. The second-order valence-corrected chi connectivity index (χ2v) is 8.78. The summed E-state index contributed by atoms with van der Waals surface area (Å²) in [5.41, 5.74) is 0.413. The molecule has 0 aromatic heterocycles. The molecule has 31 heavy (non-hydrogen) atoms. The molecule has 0 amide bonds. The van der Waals surface area contributed by atoms with Crippen molar-refractivity contribution in [1.29, 1.82) is 0 Å². The zero-order valence-electron chi connectivity index (χ0n) is 21.4. The molecule has 2 atom stereocenters. The van der Waals surface area contributed by atoms with Gasteiger partial charge in [-0.05, 0) is 57.4 Å². The van der Waals surface area contributed by atoms with E-state index in [1.54, 1.807) is 0 Å². The van der Waals surface area contributed by atoms with Crippen LogP contribution < -0.4 is 0 Å². The molecule has 0 radical (unpaired) electrons. The van der Waals surface area contributed by atoms with E-state index in [1.807, 2.05) is 20.8 Å². The topological polar surface area (TPSA) is 27.7 Å². The normalized spacial score (nSPS) is 22.5. The van der Waals surface area contributed by atoms with Crippen LogP contribution in [-0.4, -0.2) is 32.5 Å². The number of hydrogen-bond donors (Lipinski definition) is 0. The van der Waals surface area contributed by atoms with Crippen molar-refractivity contribution in [3.63, 3.8) is 0 Å². The van der Waals surface area contributed by atoms with Crippen molar-refractivity contribution < 1.29 is 23.0 Å². The Morgan fingerprint density at radius 3 is 2.00 bits per heavy atom. The Balaban J connectivity index is 0.00000282. The maximum atomic E-state index is 14.4. The largest absolute Gasteiger partial charge is 0.498 e. The van der Waals surface area contributed by atoms with Crippen LogP contribution in [0.4, 0.5) is 8.78 Å².